The predicted molar refractivity (Wildman–Crippen MR) is 151 cm³/mol. The highest BCUT2D eigenvalue weighted by Crippen LogP contribution is 2.31. The lowest BCUT2D eigenvalue weighted by atomic mass is 9.97. The maximum absolute atomic E-state index is 14.3. The molecule has 0 spiro atoms. The van der Waals surface area contributed by atoms with Gasteiger partial charge in [-0.15, -0.1) is 0 Å². The first-order valence-corrected chi connectivity index (χ1v) is 13.6. The molecule has 41 heavy (non-hydrogen) atoms. The van der Waals surface area contributed by atoms with Gasteiger partial charge in [0.1, 0.15) is 29.0 Å². The number of aromatic nitrogens is 4. The quantitative estimate of drug-likeness (QED) is 0.231. The summed E-state index contributed by atoms with van der Waals surface area (Å²) in [6.07, 6.45) is 1.30. The number of halogens is 3. The van der Waals surface area contributed by atoms with E-state index in [2.05, 4.69) is 15.1 Å². The van der Waals surface area contributed by atoms with Crippen molar-refractivity contribution in [3.63, 3.8) is 0 Å². The molecule has 1 fully saturated rings. The number of carbonyl (C=O) groups is 1. The summed E-state index contributed by atoms with van der Waals surface area (Å²) in [5.41, 5.74) is 8.07. The summed E-state index contributed by atoms with van der Waals surface area (Å²) in [4.78, 5) is 26.2. The number of ether oxygens (including phenoxy) is 1. The molecule has 11 heteroatoms. The monoisotopic (exact) mass is 568 g/mol. The van der Waals surface area contributed by atoms with E-state index >= 15 is 0 Å². The number of benzene rings is 1. The highest BCUT2D eigenvalue weighted by atomic mass is 19.3. The second kappa shape index (κ2) is 12.2. The van der Waals surface area contributed by atoms with E-state index in [4.69, 9.17) is 15.5 Å². The average molecular weight is 569 g/mol. The number of carbonyl (C=O) groups excluding carboxylic acids is 1. The molecular weight excluding hydrogens is 533 g/mol. The molecule has 2 N–H and O–H groups in total. The van der Waals surface area contributed by atoms with E-state index in [1.54, 1.807) is 39.0 Å². The molecule has 0 unspecified atom stereocenters. The minimum Gasteiger partial charge on any atom is -0.456 e. The maximum Gasteiger partial charge on any atom is 0.342 e. The average Bonchev–Trinajstić information content (AvgIpc) is 3.66. The third-order valence-corrected chi connectivity index (χ3v) is 6.60. The number of alkyl halides is 2. The van der Waals surface area contributed by atoms with Gasteiger partial charge in [-0.05, 0) is 88.3 Å². The smallest absolute Gasteiger partial charge is 0.342 e. The van der Waals surface area contributed by atoms with Gasteiger partial charge in [-0.2, -0.15) is 5.10 Å². The Balaban J connectivity index is 1.73. The Labute approximate surface area is 237 Å². The molecule has 3 aromatic rings. The highest BCUT2D eigenvalue weighted by molar-refractivity contribution is 6.06. The van der Waals surface area contributed by atoms with Crippen molar-refractivity contribution in [2.45, 2.75) is 72.3 Å². The first-order valence-electron chi connectivity index (χ1n) is 13.6. The summed E-state index contributed by atoms with van der Waals surface area (Å²) in [6, 6.07) is 7.49. The Morgan fingerprint density at radius 1 is 1.20 bits per heavy atom. The van der Waals surface area contributed by atoms with E-state index < -0.39 is 23.7 Å². The molecule has 1 aromatic carbocycles. The standard InChI is InChI=1S/C30H35F3N6O2/c1-6-22(26(34)19-9-11-20(31)12-10-19)23(35-15-18-7-8-18)13-21-14-24(37-16-36-21)39-27(28(32)33)25(17(2)38-39)29(40)41-30(3,4)5/h9-12,14,16,18,28H,6-8,13,15,34H2,1-5H3. The minimum atomic E-state index is -3.02. The molecule has 1 aliphatic rings. The largest absolute Gasteiger partial charge is 0.456 e. The lowest BCUT2D eigenvalue weighted by Gasteiger charge is -2.19. The summed E-state index contributed by atoms with van der Waals surface area (Å²) in [5, 5.41) is 4.22. The fourth-order valence-corrected chi connectivity index (χ4v) is 4.42. The van der Waals surface area contributed by atoms with Crippen LogP contribution in [0.2, 0.25) is 0 Å². The number of rotatable bonds is 10. The molecule has 0 amide bonds. The molecule has 218 valence electrons. The van der Waals surface area contributed by atoms with Crippen LogP contribution in [-0.2, 0) is 11.2 Å². The van der Waals surface area contributed by atoms with Crippen LogP contribution in [0.3, 0.4) is 0 Å². The second-order valence-corrected chi connectivity index (χ2v) is 11.1. The lowest BCUT2D eigenvalue weighted by Crippen LogP contribution is -2.25. The SMILES string of the molecule is CCC(C(Cc1cc(-n2nc(C)c(C(=O)OC(C)(C)C)c2C(F)F)ncn1)=NCC1CC1)=C(N)c1ccc(F)cc1. The summed E-state index contributed by atoms with van der Waals surface area (Å²) >= 11 is 0. The molecule has 2 heterocycles. The molecule has 4 rings (SSSR count). The number of hydrogen-bond donors (Lipinski definition) is 1. The van der Waals surface area contributed by atoms with Gasteiger partial charge in [-0.3, -0.25) is 4.99 Å². The van der Waals surface area contributed by atoms with Gasteiger partial charge in [0, 0.05) is 30.4 Å². The Morgan fingerprint density at radius 3 is 2.46 bits per heavy atom. The predicted octanol–water partition coefficient (Wildman–Crippen LogP) is 6.18. The Hall–Kier alpha value is -4.02. The number of nitrogens with zero attached hydrogens (tertiary/aromatic N) is 5. The Kier molecular flexibility index (Phi) is 8.94. The van der Waals surface area contributed by atoms with Crippen LogP contribution in [0.4, 0.5) is 13.2 Å². The lowest BCUT2D eigenvalue weighted by molar-refractivity contribution is 0.00607. The van der Waals surface area contributed by atoms with Crippen molar-refractivity contribution < 1.29 is 22.7 Å². The van der Waals surface area contributed by atoms with Gasteiger partial charge in [0.15, 0.2) is 5.82 Å². The number of hydrogen-bond acceptors (Lipinski definition) is 7. The van der Waals surface area contributed by atoms with Crippen molar-refractivity contribution in [2.24, 2.45) is 16.6 Å². The topological polar surface area (TPSA) is 108 Å². The van der Waals surface area contributed by atoms with Gasteiger partial charge in [0.2, 0.25) is 0 Å². The molecule has 1 aliphatic carbocycles. The third-order valence-electron chi connectivity index (χ3n) is 6.60. The van der Waals surface area contributed by atoms with E-state index in [0.29, 0.717) is 41.5 Å². The van der Waals surface area contributed by atoms with Crippen LogP contribution in [0.25, 0.3) is 11.5 Å². The van der Waals surface area contributed by atoms with Crippen molar-refractivity contribution in [1.29, 1.82) is 0 Å². The van der Waals surface area contributed by atoms with Crippen LogP contribution in [0.5, 0.6) is 0 Å². The molecule has 1 saturated carbocycles. The van der Waals surface area contributed by atoms with E-state index in [1.807, 2.05) is 6.92 Å². The van der Waals surface area contributed by atoms with E-state index in [-0.39, 0.29) is 29.3 Å². The van der Waals surface area contributed by atoms with E-state index in [9.17, 15) is 18.0 Å². The molecular formula is C30H35F3N6O2. The van der Waals surface area contributed by atoms with Gasteiger partial charge < -0.3 is 10.5 Å². The van der Waals surface area contributed by atoms with Crippen LogP contribution in [0.15, 0.2) is 47.2 Å². The number of nitrogens with two attached hydrogens (primary N) is 1. The van der Waals surface area contributed by atoms with Crippen LogP contribution in [0, 0.1) is 18.7 Å². The number of esters is 1. The summed E-state index contributed by atoms with van der Waals surface area (Å²) < 4.78 is 48.5. The molecule has 0 saturated heterocycles. The fourth-order valence-electron chi connectivity index (χ4n) is 4.42. The van der Waals surface area contributed by atoms with Crippen LogP contribution >= 0.6 is 0 Å². The second-order valence-electron chi connectivity index (χ2n) is 11.1. The molecule has 0 atom stereocenters. The highest BCUT2D eigenvalue weighted by Gasteiger charge is 2.32. The summed E-state index contributed by atoms with van der Waals surface area (Å²) in [5.74, 6) is -0.641. The van der Waals surface area contributed by atoms with E-state index in [0.717, 1.165) is 23.1 Å². The van der Waals surface area contributed by atoms with Crippen molar-refractivity contribution in [3.8, 4) is 5.82 Å². The third kappa shape index (κ3) is 7.39. The normalized spacial score (nSPS) is 14.8. The van der Waals surface area contributed by atoms with Gasteiger partial charge in [0.25, 0.3) is 6.43 Å². The summed E-state index contributed by atoms with van der Waals surface area (Å²) in [6.45, 7) is 9.06. The van der Waals surface area contributed by atoms with Gasteiger partial charge in [-0.25, -0.2) is 32.6 Å². The van der Waals surface area contributed by atoms with Crippen LogP contribution < -0.4 is 5.73 Å². The molecule has 0 radical (unpaired) electrons. The van der Waals surface area contributed by atoms with Crippen LogP contribution in [0.1, 0.15) is 86.4 Å². The molecule has 2 aromatic heterocycles. The number of aliphatic imine (C=N–C) groups is 1. The first-order chi connectivity index (χ1) is 19.4. The van der Waals surface area contributed by atoms with E-state index in [1.165, 1.54) is 25.4 Å². The minimum absolute atomic E-state index is 0.0817. The summed E-state index contributed by atoms with van der Waals surface area (Å²) in [7, 11) is 0. The van der Waals surface area contributed by atoms with Gasteiger partial charge in [-0.1, -0.05) is 6.92 Å². The molecule has 0 aliphatic heterocycles. The Bertz CT molecular complexity index is 1470. The van der Waals surface area contributed by atoms with Crippen LogP contribution in [-0.4, -0.2) is 43.6 Å². The van der Waals surface area contributed by atoms with Crippen molar-refractivity contribution in [2.75, 3.05) is 6.54 Å². The van der Waals surface area contributed by atoms with Crippen molar-refractivity contribution in [1.82, 2.24) is 19.7 Å². The number of aryl methyl sites for hydroxylation is 1. The zero-order valence-corrected chi connectivity index (χ0v) is 23.9. The zero-order chi connectivity index (χ0) is 29.9. The van der Waals surface area contributed by atoms with Gasteiger partial charge >= 0.3 is 5.97 Å². The maximum atomic E-state index is 14.3. The number of allylic oxidation sites excluding steroid dienone is 1. The van der Waals surface area contributed by atoms with Crippen molar-refractivity contribution in [3.05, 3.63) is 76.3 Å². The van der Waals surface area contributed by atoms with Gasteiger partial charge in [0.05, 0.1) is 11.4 Å². The molecule has 0 bridgehead atoms. The first kappa shape index (κ1) is 30.0. The van der Waals surface area contributed by atoms with Crippen molar-refractivity contribution >= 4 is 17.4 Å². The zero-order valence-electron chi connectivity index (χ0n) is 23.9. The fraction of sp³-hybridized carbons (Fsp3) is 0.433. The Morgan fingerprint density at radius 2 is 1.88 bits per heavy atom. The molecule has 8 nitrogen and oxygen atoms in total.